The van der Waals surface area contributed by atoms with Crippen molar-refractivity contribution in [3.05, 3.63) is 101 Å². The third-order valence-corrected chi connectivity index (χ3v) is 5.40. The molecule has 8 nitrogen and oxygen atoms in total. The summed E-state index contributed by atoms with van der Waals surface area (Å²) in [6, 6.07) is 19.7. The number of rotatable bonds is 8. The molecule has 0 saturated heterocycles. The lowest BCUT2D eigenvalue weighted by atomic mass is 10.1. The zero-order valence-electron chi connectivity index (χ0n) is 19.0. The summed E-state index contributed by atoms with van der Waals surface area (Å²) in [5.41, 5.74) is 2.57. The minimum Gasteiger partial charge on any atom is -0.480 e. The highest BCUT2D eigenvalue weighted by Crippen LogP contribution is 2.33. The Labute approximate surface area is 202 Å². The van der Waals surface area contributed by atoms with Gasteiger partial charge in [0.15, 0.2) is 11.5 Å². The van der Waals surface area contributed by atoms with Gasteiger partial charge in [0, 0.05) is 12.0 Å². The van der Waals surface area contributed by atoms with Crippen LogP contribution in [0.5, 0.6) is 11.5 Å². The number of aryl methyl sites for hydroxylation is 1. The van der Waals surface area contributed by atoms with Gasteiger partial charge in [0.1, 0.15) is 11.7 Å². The molecular weight excluding hydrogens is 448 g/mol. The van der Waals surface area contributed by atoms with Crippen LogP contribution in [0.4, 0.5) is 0 Å². The number of benzene rings is 3. The smallest absolute Gasteiger partial charge is 0.326 e. The van der Waals surface area contributed by atoms with Crippen molar-refractivity contribution < 1.29 is 29.0 Å². The molecule has 0 unspecified atom stereocenters. The number of carbonyl (C=O) groups excluding carboxylic acids is 2. The van der Waals surface area contributed by atoms with Crippen LogP contribution in [0.15, 0.2) is 78.5 Å². The molecule has 0 aromatic heterocycles. The number of nitrogens with one attached hydrogen (secondary N) is 2. The van der Waals surface area contributed by atoms with E-state index in [0.717, 1.165) is 11.1 Å². The zero-order valence-corrected chi connectivity index (χ0v) is 19.0. The van der Waals surface area contributed by atoms with Crippen LogP contribution in [-0.4, -0.2) is 35.7 Å². The number of hydrogen-bond donors (Lipinski definition) is 3. The Kier molecular flexibility index (Phi) is 7.11. The van der Waals surface area contributed by atoms with Gasteiger partial charge in [-0.2, -0.15) is 0 Å². The highest BCUT2D eigenvalue weighted by atomic mass is 16.7. The molecule has 178 valence electrons. The van der Waals surface area contributed by atoms with Crippen LogP contribution in [0, 0.1) is 6.92 Å². The molecule has 0 saturated carbocycles. The molecular formula is C27H24N2O6. The van der Waals surface area contributed by atoms with Crippen molar-refractivity contribution in [3.63, 3.8) is 0 Å². The highest BCUT2D eigenvalue weighted by Gasteiger charge is 2.24. The minimum atomic E-state index is -1.19. The predicted molar refractivity (Wildman–Crippen MR) is 129 cm³/mol. The fourth-order valence-electron chi connectivity index (χ4n) is 3.51. The fraction of sp³-hybridized carbons (Fsp3) is 0.148. The first kappa shape index (κ1) is 23.6. The van der Waals surface area contributed by atoms with Crippen molar-refractivity contribution in [2.45, 2.75) is 19.4 Å². The number of carboxylic acids is 1. The summed E-state index contributed by atoms with van der Waals surface area (Å²) in [7, 11) is 0. The molecule has 0 bridgehead atoms. The maximum Gasteiger partial charge on any atom is 0.326 e. The summed E-state index contributed by atoms with van der Waals surface area (Å²) in [5.74, 6) is -1.33. The second kappa shape index (κ2) is 10.6. The Morgan fingerprint density at radius 2 is 1.69 bits per heavy atom. The molecule has 0 aliphatic carbocycles. The van der Waals surface area contributed by atoms with E-state index in [1.165, 1.54) is 6.08 Å². The Bertz CT molecular complexity index is 1270. The van der Waals surface area contributed by atoms with Crippen molar-refractivity contribution >= 4 is 23.9 Å². The standard InChI is InChI=1S/C27H24N2O6/c1-17-7-10-20(11-8-17)25(30)28-21(14-19-9-12-23-24(15-19)35-16-34-23)26(31)29-22(27(32)33)13-18-5-3-2-4-6-18/h2-12,14-15,22H,13,16H2,1H3,(H,28,30)(H,29,31)(H,32,33)/b21-14-/t22-/m0/s1. The van der Waals surface area contributed by atoms with Crippen LogP contribution in [0.1, 0.15) is 27.0 Å². The third kappa shape index (κ3) is 6.05. The van der Waals surface area contributed by atoms with E-state index in [1.54, 1.807) is 66.7 Å². The van der Waals surface area contributed by atoms with Gasteiger partial charge in [-0.25, -0.2) is 4.79 Å². The molecule has 0 spiro atoms. The topological polar surface area (TPSA) is 114 Å². The summed E-state index contributed by atoms with van der Waals surface area (Å²) in [5, 5.41) is 14.8. The zero-order chi connectivity index (χ0) is 24.8. The number of fused-ring (bicyclic) bond motifs is 1. The predicted octanol–water partition coefficient (Wildman–Crippen LogP) is 3.31. The first-order chi connectivity index (χ1) is 16.9. The van der Waals surface area contributed by atoms with E-state index in [4.69, 9.17) is 9.47 Å². The molecule has 3 aromatic carbocycles. The monoisotopic (exact) mass is 472 g/mol. The molecule has 3 N–H and O–H groups in total. The van der Waals surface area contributed by atoms with Crippen molar-refractivity contribution in [1.82, 2.24) is 10.6 Å². The largest absolute Gasteiger partial charge is 0.480 e. The van der Waals surface area contributed by atoms with Crippen LogP contribution in [-0.2, 0) is 16.0 Å². The number of carboxylic acid groups (broad SMARTS) is 1. The Morgan fingerprint density at radius 1 is 0.971 bits per heavy atom. The average molecular weight is 472 g/mol. The Hall–Kier alpha value is -4.59. The SMILES string of the molecule is Cc1ccc(C(=O)N/C(=C\c2ccc3c(c2)OCO3)C(=O)N[C@@H](Cc2ccccc2)C(=O)O)cc1. The van der Waals surface area contributed by atoms with Crippen molar-refractivity contribution in [2.75, 3.05) is 6.79 Å². The summed E-state index contributed by atoms with van der Waals surface area (Å²) >= 11 is 0. The number of amides is 2. The van der Waals surface area contributed by atoms with Crippen LogP contribution in [0.25, 0.3) is 6.08 Å². The molecule has 3 aromatic rings. The molecule has 1 aliphatic heterocycles. The first-order valence-electron chi connectivity index (χ1n) is 11.0. The minimum absolute atomic E-state index is 0.0884. The Morgan fingerprint density at radius 3 is 2.40 bits per heavy atom. The van der Waals surface area contributed by atoms with E-state index in [1.807, 2.05) is 13.0 Å². The molecule has 0 fully saturated rings. The van der Waals surface area contributed by atoms with E-state index >= 15 is 0 Å². The number of hydrogen-bond acceptors (Lipinski definition) is 5. The molecule has 1 atom stereocenters. The average Bonchev–Trinajstić information content (AvgIpc) is 3.32. The van der Waals surface area contributed by atoms with E-state index in [9.17, 15) is 19.5 Å². The lowest BCUT2D eigenvalue weighted by Crippen LogP contribution is -2.45. The summed E-state index contributed by atoms with van der Waals surface area (Å²) in [6.07, 6.45) is 1.55. The van der Waals surface area contributed by atoms with Gasteiger partial charge in [-0.15, -0.1) is 0 Å². The van der Waals surface area contributed by atoms with Gasteiger partial charge in [0.25, 0.3) is 11.8 Å². The highest BCUT2D eigenvalue weighted by molar-refractivity contribution is 6.06. The number of carbonyl (C=O) groups is 3. The van der Waals surface area contributed by atoms with Gasteiger partial charge < -0.3 is 25.2 Å². The van der Waals surface area contributed by atoms with E-state index in [-0.39, 0.29) is 18.9 Å². The van der Waals surface area contributed by atoms with E-state index in [0.29, 0.717) is 22.6 Å². The summed E-state index contributed by atoms with van der Waals surface area (Å²) < 4.78 is 10.7. The maximum atomic E-state index is 13.2. The number of aliphatic carboxylic acids is 1. The second-order valence-electron chi connectivity index (χ2n) is 8.04. The van der Waals surface area contributed by atoms with Gasteiger partial charge in [0.2, 0.25) is 6.79 Å². The lowest BCUT2D eigenvalue weighted by molar-refractivity contribution is -0.141. The lowest BCUT2D eigenvalue weighted by Gasteiger charge is -2.17. The van der Waals surface area contributed by atoms with Gasteiger partial charge in [-0.1, -0.05) is 54.1 Å². The van der Waals surface area contributed by atoms with Gasteiger partial charge in [-0.3, -0.25) is 9.59 Å². The third-order valence-electron chi connectivity index (χ3n) is 5.40. The molecule has 8 heteroatoms. The first-order valence-corrected chi connectivity index (χ1v) is 11.0. The van der Waals surface area contributed by atoms with E-state index < -0.39 is 23.8 Å². The molecule has 1 heterocycles. The molecule has 2 amide bonds. The summed E-state index contributed by atoms with van der Waals surface area (Å²) in [6.45, 7) is 2.00. The van der Waals surface area contributed by atoms with Crippen LogP contribution >= 0.6 is 0 Å². The molecule has 35 heavy (non-hydrogen) atoms. The van der Waals surface area contributed by atoms with Gasteiger partial charge >= 0.3 is 5.97 Å². The van der Waals surface area contributed by atoms with Gasteiger partial charge in [-0.05, 0) is 48.4 Å². The fourth-order valence-corrected chi connectivity index (χ4v) is 3.51. The Balaban J connectivity index is 1.60. The maximum absolute atomic E-state index is 13.2. The summed E-state index contributed by atoms with van der Waals surface area (Å²) in [4.78, 5) is 37.9. The van der Waals surface area contributed by atoms with Crippen LogP contribution < -0.4 is 20.1 Å². The van der Waals surface area contributed by atoms with Crippen molar-refractivity contribution in [3.8, 4) is 11.5 Å². The molecule has 4 rings (SSSR count). The van der Waals surface area contributed by atoms with Crippen molar-refractivity contribution in [1.29, 1.82) is 0 Å². The molecule has 0 radical (unpaired) electrons. The molecule has 1 aliphatic rings. The van der Waals surface area contributed by atoms with Crippen LogP contribution in [0.3, 0.4) is 0 Å². The van der Waals surface area contributed by atoms with Gasteiger partial charge in [0.05, 0.1) is 0 Å². The normalized spacial score (nSPS) is 13.1. The van der Waals surface area contributed by atoms with Crippen LogP contribution in [0.2, 0.25) is 0 Å². The van der Waals surface area contributed by atoms with E-state index in [2.05, 4.69) is 10.6 Å². The second-order valence-corrected chi connectivity index (χ2v) is 8.04. The van der Waals surface area contributed by atoms with Crippen molar-refractivity contribution in [2.24, 2.45) is 0 Å². The number of ether oxygens (including phenoxy) is 2. The quantitative estimate of drug-likeness (QED) is 0.434.